The van der Waals surface area contributed by atoms with Crippen LogP contribution in [0, 0.1) is 6.92 Å². The Morgan fingerprint density at radius 1 is 1.19 bits per heavy atom. The van der Waals surface area contributed by atoms with E-state index in [-0.39, 0.29) is 5.91 Å². The minimum atomic E-state index is 0.104. The van der Waals surface area contributed by atoms with E-state index in [0.29, 0.717) is 30.6 Å². The van der Waals surface area contributed by atoms with Crippen molar-refractivity contribution in [2.75, 3.05) is 32.7 Å². The van der Waals surface area contributed by atoms with Crippen LogP contribution in [0.1, 0.15) is 23.6 Å². The zero-order valence-electron chi connectivity index (χ0n) is 16.8. The van der Waals surface area contributed by atoms with Crippen LogP contribution in [0.4, 0.5) is 5.69 Å². The monoisotopic (exact) mass is 368 g/mol. The first kappa shape index (κ1) is 19.1. The van der Waals surface area contributed by atoms with Gasteiger partial charge in [-0.25, -0.2) is 0 Å². The van der Waals surface area contributed by atoms with Crippen molar-refractivity contribution >= 4 is 11.6 Å². The van der Waals surface area contributed by atoms with Gasteiger partial charge in [-0.15, -0.1) is 0 Å². The molecule has 2 aromatic carbocycles. The number of methoxy groups -OCH3 is 2. The number of carbonyl (C=O) groups is 1. The van der Waals surface area contributed by atoms with Crippen molar-refractivity contribution in [1.29, 1.82) is 0 Å². The van der Waals surface area contributed by atoms with Gasteiger partial charge in [0.2, 0.25) is 5.91 Å². The van der Waals surface area contributed by atoms with Gasteiger partial charge in [-0.1, -0.05) is 18.2 Å². The largest absolute Gasteiger partial charge is 0.493 e. The van der Waals surface area contributed by atoms with E-state index in [2.05, 4.69) is 30.0 Å². The van der Waals surface area contributed by atoms with Crippen LogP contribution in [-0.4, -0.2) is 44.7 Å². The zero-order chi connectivity index (χ0) is 19.6. The second-order valence-electron chi connectivity index (χ2n) is 7.19. The summed E-state index contributed by atoms with van der Waals surface area (Å²) in [6.45, 7) is 5.12. The number of hydrogen-bond acceptors (Lipinski definition) is 4. The summed E-state index contributed by atoms with van der Waals surface area (Å²) in [7, 11) is 5.10. The lowest BCUT2D eigenvalue weighted by Crippen LogP contribution is -2.40. The van der Waals surface area contributed by atoms with Gasteiger partial charge in [0.25, 0.3) is 0 Å². The Balaban J connectivity index is 1.72. The fraction of sp³-hybridized carbons (Fsp3) is 0.409. The molecule has 0 N–H and O–H groups in total. The SMILES string of the molecule is COc1cc(C)c(CN(C)C(=O)CN2c3ccccc3C[C@@H]2C)cc1OC. The van der Waals surface area contributed by atoms with E-state index in [4.69, 9.17) is 9.47 Å². The number of anilines is 1. The molecule has 0 unspecified atom stereocenters. The Bertz CT molecular complexity index is 834. The highest BCUT2D eigenvalue weighted by Crippen LogP contribution is 2.32. The molecule has 0 radical (unpaired) electrons. The maximum Gasteiger partial charge on any atom is 0.242 e. The molecule has 0 bridgehead atoms. The molecule has 5 heteroatoms. The summed E-state index contributed by atoms with van der Waals surface area (Å²) in [6.07, 6.45) is 0.988. The standard InChI is InChI=1S/C22H28N2O3/c1-15-10-20(26-4)21(27-5)12-18(15)13-23(3)22(25)14-24-16(2)11-17-8-6-7-9-19(17)24/h6-10,12,16H,11,13-14H2,1-5H3/t16-/m0/s1. The number of likely N-dealkylation sites (N-methyl/N-ethyl adjacent to an activating group) is 1. The number of ether oxygens (including phenoxy) is 2. The third-order valence-corrected chi connectivity index (χ3v) is 5.33. The third kappa shape index (κ3) is 3.87. The third-order valence-electron chi connectivity index (χ3n) is 5.33. The van der Waals surface area contributed by atoms with Crippen LogP contribution < -0.4 is 14.4 Å². The molecule has 3 rings (SSSR count). The number of aryl methyl sites for hydroxylation is 1. The summed E-state index contributed by atoms with van der Waals surface area (Å²) in [4.78, 5) is 16.9. The van der Waals surface area contributed by atoms with Gasteiger partial charge >= 0.3 is 0 Å². The predicted octanol–water partition coefficient (Wildman–Crippen LogP) is 3.42. The van der Waals surface area contributed by atoms with E-state index in [0.717, 1.165) is 17.5 Å². The molecule has 0 fully saturated rings. The molecule has 27 heavy (non-hydrogen) atoms. The van der Waals surface area contributed by atoms with E-state index < -0.39 is 0 Å². The van der Waals surface area contributed by atoms with Crippen molar-refractivity contribution in [3.8, 4) is 11.5 Å². The lowest BCUT2D eigenvalue weighted by Gasteiger charge is -2.27. The summed E-state index contributed by atoms with van der Waals surface area (Å²) < 4.78 is 10.7. The molecule has 1 heterocycles. The summed E-state index contributed by atoms with van der Waals surface area (Å²) >= 11 is 0. The molecule has 5 nitrogen and oxygen atoms in total. The van der Waals surface area contributed by atoms with E-state index in [1.54, 1.807) is 19.1 Å². The van der Waals surface area contributed by atoms with Gasteiger partial charge in [-0.3, -0.25) is 4.79 Å². The Hall–Kier alpha value is -2.69. The first-order chi connectivity index (χ1) is 12.9. The average molecular weight is 368 g/mol. The minimum absolute atomic E-state index is 0.104. The number of carbonyl (C=O) groups excluding carboxylic acids is 1. The van der Waals surface area contributed by atoms with E-state index in [1.807, 2.05) is 32.2 Å². The molecule has 0 saturated heterocycles. The lowest BCUT2D eigenvalue weighted by atomic mass is 10.1. The van der Waals surface area contributed by atoms with Crippen LogP contribution in [0.2, 0.25) is 0 Å². The smallest absolute Gasteiger partial charge is 0.242 e. The Labute approximate surface area is 161 Å². The summed E-state index contributed by atoms with van der Waals surface area (Å²) in [5, 5.41) is 0. The molecule has 1 atom stereocenters. The Morgan fingerprint density at radius 2 is 1.85 bits per heavy atom. The molecule has 0 spiro atoms. The summed E-state index contributed by atoms with van der Waals surface area (Å²) in [5.41, 5.74) is 4.62. The Kier molecular flexibility index (Phi) is 5.59. The van der Waals surface area contributed by atoms with Gasteiger partial charge in [-0.05, 0) is 55.2 Å². The molecule has 1 amide bonds. The van der Waals surface area contributed by atoms with Crippen LogP contribution in [0.5, 0.6) is 11.5 Å². The van der Waals surface area contributed by atoms with Crippen molar-refractivity contribution in [2.24, 2.45) is 0 Å². The fourth-order valence-corrected chi connectivity index (χ4v) is 3.67. The van der Waals surface area contributed by atoms with Crippen LogP contribution in [-0.2, 0) is 17.8 Å². The van der Waals surface area contributed by atoms with E-state index in [1.165, 1.54) is 11.3 Å². The van der Waals surface area contributed by atoms with Gasteiger partial charge in [-0.2, -0.15) is 0 Å². The molecule has 0 aromatic heterocycles. The molecule has 1 aliphatic rings. The second-order valence-corrected chi connectivity index (χ2v) is 7.19. The highest BCUT2D eigenvalue weighted by Gasteiger charge is 2.28. The van der Waals surface area contributed by atoms with Crippen molar-refractivity contribution in [3.05, 3.63) is 53.1 Å². The number of fused-ring (bicyclic) bond motifs is 1. The highest BCUT2D eigenvalue weighted by atomic mass is 16.5. The number of hydrogen-bond donors (Lipinski definition) is 0. The zero-order valence-corrected chi connectivity index (χ0v) is 16.8. The van der Waals surface area contributed by atoms with Gasteiger partial charge < -0.3 is 19.3 Å². The van der Waals surface area contributed by atoms with Gasteiger partial charge in [0, 0.05) is 25.3 Å². The van der Waals surface area contributed by atoms with Crippen molar-refractivity contribution < 1.29 is 14.3 Å². The van der Waals surface area contributed by atoms with Crippen LogP contribution >= 0.6 is 0 Å². The molecular weight excluding hydrogens is 340 g/mol. The molecule has 0 aliphatic carbocycles. The molecule has 0 saturated carbocycles. The van der Waals surface area contributed by atoms with Crippen molar-refractivity contribution in [3.63, 3.8) is 0 Å². The van der Waals surface area contributed by atoms with E-state index >= 15 is 0 Å². The maximum atomic E-state index is 12.9. The number of benzene rings is 2. The highest BCUT2D eigenvalue weighted by molar-refractivity contribution is 5.82. The van der Waals surface area contributed by atoms with E-state index in [9.17, 15) is 4.79 Å². The summed E-state index contributed by atoms with van der Waals surface area (Å²) in [5.74, 6) is 1.49. The van der Waals surface area contributed by atoms with Gasteiger partial charge in [0.15, 0.2) is 11.5 Å². The Morgan fingerprint density at radius 3 is 2.56 bits per heavy atom. The lowest BCUT2D eigenvalue weighted by molar-refractivity contribution is -0.129. The maximum absolute atomic E-state index is 12.9. The minimum Gasteiger partial charge on any atom is -0.493 e. The first-order valence-corrected chi connectivity index (χ1v) is 9.24. The number of amides is 1. The van der Waals surface area contributed by atoms with Gasteiger partial charge in [0.1, 0.15) is 0 Å². The summed E-state index contributed by atoms with van der Waals surface area (Å²) in [6, 6.07) is 12.6. The molecule has 2 aromatic rings. The number of rotatable bonds is 6. The van der Waals surface area contributed by atoms with Crippen molar-refractivity contribution in [1.82, 2.24) is 4.90 Å². The molecule has 144 valence electrons. The fourth-order valence-electron chi connectivity index (χ4n) is 3.67. The van der Waals surface area contributed by atoms with Crippen LogP contribution in [0.3, 0.4) is 0 Å². The predicted molar refractivity (Wildman–Crippen MR) is 108 cm³/mol. The van der Waals surface area contributed by atoms with Crippen molar-refractivity contribution in [2.45, 2.75) is 32.9 Å². The first-order valence-electron chi connectivity index (χ1n) is 9.24. The average Bonchev–Trinajstić information content (AvgIpc) is 2.98. The molecular formula is C22H28N2O3. The normalized spacial score (nSPS) is 15.4. The quantitative estimate of drug-likeness (QED) is 0.783. The van der Waals surface area contributed by atoms with Gasteiger partial charge in [0.05, 0.1) is 20.8 Å². The number of para-hydroxylation sites is 1. The van der Waals surface area contributed by atoms with Crippen LogP contribution in [0.15, 0.2) is 36.4 Å². The van der Waals surface area contributed by atoms with Crippen LogP contribution in [0.25, 0.3) is 0 Å². The topological polar surface area (TPSA) is 42.0 Å². The number of nitrogens with zero attached hydrogens (tertiary/aromatic N) is 2. The molecule has 1 aliphatic heterocycles. The second kappa shape index (κ2) is 7.91.